The van der Waals surface area contributed by atoms with Crippen molar-refractivity contribution in [3.8, 4) is 0 Å². The first-order valence-corrected chi connectivity index (χ1v) is 7.03. The predicted molar refractivity (Wildman–Crippen MR) is 70.9 cm³/mol. The Morgan fingerprint density at radius 1 is 1.29 bits per heavy atom. The highest BCUT2D eigenvalue weighted by Gasteiger charge is 2.16. The summed E-state index contributed by atoms with van der Waals surface area (Å²) in [5.74, 6) is -1.62. The van der Waals surface area contributed by atoms with Crippen LogP contribution < -0.4 is 11.1 Å². The van der Waals surface area contributed by atoms with Gasteiger partial charge in [0.2, 0.25) is 5.95 Å². The maximum atomic E-state index is 13.1. The van der Waals surface area contributed by atoms with Crippen molar-refractivity contribution in [2.75, 3.05) is 11.1 Å². The third kappa shape index (κ3) is 3.35. The molecule has 2 rings (SSSR count). The molecule has 0 bridgehead atoms. The fourth-order valence-corrected chi connectivity index (χ4v) is 2.20. The van der Waals surface area contributed by atoms with Gasteiger partial charge in [-0.3, -0.25) is 4.55 Å². The number of halogens is 3. The van der Waals surface area contributed by atoms with Crippen LogP contribution in [0.1, 0.15) is 0 Å². The minimum absolute atomic E-state index is 0.152. The molecular formula is C10H7ClF2N4O3S. The highest BCUT2D eigenvalue weighted by molar-refractivity contribution is 7.86. The lowest BCUT2D eigenvalue weighted by Gasteiger charge is -2.09. The molecule has 112 valence electrons. The standard InChI is InChI=1S/C10H7ClF2N4O3S/c11-7-8(12)16-10(13)17-9(7)15-4-1-2-6(5(14)3-4)21(18,19)20/h1-3H,14H2,(H,15,16,17)(H,18,19,20). The molecule has 0 atom stereocenters. The van der Waals surface area contributed by atoms with Gasteiger partial charge in [0.25, 0.3) is 10.1 Å². The lowest BCUT2D eigenvalue weighted by Crippen LogP contribution is -2.05. The van der Waals surface area contributed by atoms with E-state index in [1.807, 2.05) is 0 Å². The van der Waals surface area contributed by atoms with E-state index in [1.165, 1.54) is 6.07 Å². The predicted octanol–water partition coefficient (Wildman–Crippen LogP) is 1.98. The van der Waals surface area contributed by atoms with Gasteiger partial charge < -0.3 is 11.1 Å². The molecule has 1 aromatic heterocycles. The van der Waals surface area contributed by atoms with Crippen LogP contribution >= 0.6 is 11.6 Å². The van der Waals surface area contributed by atoms with Crippen LogP contribution in [0.3, 0.4) is 0 Å². The minimum atomic E-state index is -4.47. The van der Waals surface area contributed by atoms with Crippen LogP contribution in [0.4, 0.5) is 26.0 Å². The van der Waals surface area contributed by atoms with Crippen molar-refractivity contribution in [1.82, 2.24) is 9.97 Å². The topological polar surface area (TPSA) is 118 Å². The summed E-state index contributed by atoms with van der Waals surface area (Å²) in [5, 5.41) is 1.91. The summed E-state index contributed by atoms with van der Waals surface area (Å²) >= 11 is 5.56. The lowest BCUT2D eigenvalue weighted by atomic mass is 10.3. The molecule has 0 fully saturated rings. The van der Waals surface area contributed by atoms with E-state index in [0.717, 1.165) is 12.1 Å². The van der Waals surface area contributed by atoms with Crippen molar-refractivity contribution < 1.29 is 21.8 Å². The lowest BCUT2D eigenvalue weighted by molar-refractivity contribution is 0.483. The van der Waals surface area contributed by atoms with Gasteiger partial charge in [-0.1, -0.05) is 11.6 Å². The zero-order chi connectivity index (χ0) is 15.8. The van der Waals surface area contributed by atoms with E-state index in [2.05, 4.69) is 15.3 Å². The molecule has 11 heteroatoms. The first kappa shape index (κ1) is 15.4. The Morgan fingerprint density at radius 3 is 2.52 bits per heavy atom. The Morgan fingerprint density at radius 2 is 1.95 bits per heavy atom. The summed E-state index contributed by atoms with van der Waals surface area (Å²) < 4.78 is 56.9. The molecule has 0 radical (unpaired) electrons. The molecule has 0 aliphatic heterocycles. The van der Waals surface area contributed by atoms with Crippen LogP contribution in [-0.4, -0.2) is 22.9 Å². The Labute approximate surface area is 122 Å². The fraction of sp³-hybridized carbons (Fsp3) is 0. The molecule has 0 aliphatic carbocycles. The molecule has 0 saturated heterocycles. The van der Waals surface area contributed by atoms with E-state index in [9.17, 15) is 17.2 Å². The van der Waals surface area contributed by atoms with Gasteiger partial charge in [0, 0.05) is 5.69 Å². The first-order chi connectivity index (χ1) is 9.68. The number of benzene rings is 1. The van der Waals surface area contributed by atoms with E-state index in [1.54, 1.807) is 0 Å². The van der Waals surface area contributed by atoms with Gasteiger partial charge in [0.1, 0.15) is 9.92 Å². The first-order valence-electron chi connectivity index (χ1n) is 5.21. The van der Waals surface area contributed by atoms with Gasteiger partial charge in [-0.15, -0.1) is 0 Å². The number of aromatic nitrogens is 2. The van der Waals surface area contributed by atoms with E-state index >= 15 is 0 Å². The monoisotopic (exact) mass is 336 g/mol. The SMILES string of the molecule is Nc1cc(Nc2nc(F)nc(F)c2Cl)ccc1S(=O)(=O)O. The van der Waals surface area contributed by atoms with Crippen LogP contribution in [-0.2, 0) is 10.1 Å². The number of nitrogens with zero attached hydrogens (tertiary/aromatic N) is 2. The van der Waals surface area contributed by atoms with Crippen molar-refractivity contribution in [1.29, 1.82) is 0 Å². The van der Waals surface area contributed by atoms with E-state index < -0.39 is 32.1 Å². The Kier molecular flexibility index (Phi) is 3.94. The summed E-state index contributed by atoms with van der Waals surface area (Å²) in [6, 6.07) is 3.33. The molecule has 0 amide bonds. The van der Waals surface area contributed by atoms with Crippen LogP contribution in [0.25, 0.3) is 0 Å². The summed E-state index contributed by atoms with van der Waals surface area (Å²) in [4.78, 5) is 5.55. The summed E-state index contributed by atoms with van der Waals surface area (Å²) in [6.07, 6.45) is -1.33. The number of nitrogen functional groups attached to an aromatic ring is 1. The number of anilines is 3. The second-order valence-corrected chi connectivity index (χ2v) is 5.57. The second-order valence-electron chi connectivity index (χ2n) is 3.80. The van der Waals surface area contributed by atoms with Crippen molar-refractivity contribution in [2.24, 2.45) is 0 Å². The number of rotatable bonds is 3. The quantitative estimate of drug-likeness (QED) is 0.339. The molecule has 0 saturated carbocycles. The maximum Gasteiger partial charge on any atom is 0.313 e. The fourth-order valence-electron chi connectivity index (χ4n) is 1.47. The molecule has 0 spiro atoms. The molecule has 0 aliphatic rings. The van der Waals surface area contributed by atoms with Crippen molar-refractivity contribution >= 4 is 38.9 Å². The average Bonchev–Trinajstić information content (AvgIpc) is 2.33. The van der Waals surface area contributed by atoms with Crippen molar-refractivity contribution in [3.05, 3.63) is 35.2 Å². The molecule has 4 N–H and O–H groups in total. The molecule has 0 unspecified atom stereocenters. The molecule has 7 nitrogen and oxygen atoms in total. The summed E-state index contributed by atoms with van der Waals surface area (Å²) in [6.45, 7) is 0. The van der Waals surface area contributed by atoms with Crippen molar-refractivity contribution in [3.63, 3.8) is 0 Å². The van der Waals surface area contributed by atoms with Crippen molar-refractivity contribution in [2.45, 2.75) is 4.90 Å². The Hall–Kier alpha value is -2.04. The number of nitrogens with one attached hydrogen (secondary N) is 1. The molecule has 1 aromatic carbocycles. The van der Waals surface area contributed by atoms with E-state index in [-0.39, 0.29) is 17.2 Å². The number of nitrogens with two attached hydrogens (primary N) is 1. The Bertz CT molecular complexity index is 816. The van der Waals surface area contributed by atoms with Gasteiger partial charge >= 0.3 is 6.08 Å². The normalized spacial score (nSPS) is 11.4. The minimum Gasteiger partial charge on any atom is -0.398 e. The molecule has 21 heavy (non-hydrogen) atoms. The van der Waals surface area contributed by atoms with Gasteiger partial charge in [0.15, 0.2) is 5.82 Å². The average molecular weight is 337 g/mol. The van der Waals surface area contributed by atoms with Crippen LogP contribution in [0.2, 0.25) is 5.02 Å². The smallest absolute Gasteiger partial charge is 0.313 e. The highest BCUT2D eigenvalue weighted by Crippen LogP contribution is 2.28. The molecule has 2 aromatic rings. The maximum absolute atomic E-state index is 13.1. The van der Waals surface area contributed by atoms with Gasteiger partial charge in [0.05, 0.1) is 5.69 Å². The summed E-state index contributed by atoms with van der Waals surface area (Å²) in [5.41, 5.74) is 5.35. The van der Waals surface area contributed by atoms with Gasteiger partial charge in [-0.25, -0.2) is 0 Å². The zero-order valence-corrected chi connectivity index (χ0v) is 11.6. The van der Waals surface area contributed by atoms with Crippen LogP contribution in [0.5, 0.6) is 0 Å². The number of hydrogen-bond acceptors (Lipinski definition) is 6. The zero-order valence-electron chi connectivity index (χ0n) is 10.0. The third-order valence-corrected chi connectivity index (χ3v) is 3.60. The third-order valence-electron chi connectivity index (χ3n) is 2.33. The van der Waals surface area contributed by atoms with E-state index in [0.29, 0.717) is 0 Å². The number of hydrogen-bond donors (Lipinski definition) is 3. The Balaban J connectivity index is 2.40. The van der Waals surface area contributed by atoms with Crippen LogP contribution in [0.15, 0.2) is 23.1 Å². The molecule has 1 heterocycles. The van der Waals surface area contributed by atoms with Gasteiger partial charge in [-0.2, -0.15) is 27.2 Å². The molecular weight excluding hydrogens is 330 g/mol. The second kappa shape index (κ2) is 5.39. The largest absolute Gasteiger partial charge is 0.398 e. The van der Waals surface area contributed by atoms with Gasteiger partial charge in [-0.05, 0) is 18.2 Å². The highest BCUT2D eigenvalue weighted by atomic mass is 35.5. The summed E-state index contributed by atoms with van der Waals surface area (Å²) in [7, 11) is -4.47. The van der Waals surface area contributed by atoms with E-state index in [4.69, 9.17) is 21.9 Å². The van der Waals surface area contributed by atoms with Crippen LogP contribution in [0, 0.1) is 12.0 Å².